The average Bonchev–Trinajstić information content (AvgIpc) is 2.81. The molecule has 2 saturated heterocycles. The number of halogens is 1. The van der Waals surface area contributed by atoms with E-state index in [1.54, 1.807) is 26.1 Å². The van der Waals surface area contributed by atoms with Crippen molar-refractivity contribution in [3.05, 3.63) is 58.6 Å². The first-order valence-corrected chi connectivity index (χ1v) is 13.5. The Balaban J connectivity index is 1.21. The van der Waals surface area contributed by atoms with E-state index in [0.29, 0.717) is 28.2 Å². The van der Waals surface area contributed by atoms with Crippen LogP contribution in [0.1, 0.15) is 35.2 Å². The molecule has 2 fully saturated rings. The predicted octanol–water partition coefficient (Wildman–Crippen LogP) is 4.45. The molecule has 0 aliphatic carbocycles. The third-order valence-corrected chi connectivity index (χ3v) is 8.64. The smallest absolute Gasteiger partial charge is 0.254 e. The van der Waals surface area contributed by atoms with Crippen molar-refractivity contribution in [2.24, 2.45) is 11.8 Å². The van der Waals surface area contributed by atoms with Gasteiger partial charge in [-0.2, -0.15) is 0 Å². The lowest BCUT2D eigenvalue weighted by molar-refractivity contribution is 0.0828. The molecule has 1 amide bonds. The van der Waals surface area contributed by atoms with Gasteiger partial charge in [-0.15, -0.1) is 0 Å². The summed E-state index contributed by atoms with van der Waals surface area (Å²) in [5.41, 5.74) is 2.68. The van der Waals surface area contributed by atoms with Crippen LogP contribution in [0.15, 0.2) is 42.5 Å². The van der Waals surface area contributed by atoms with Crippen molar-refractivity contribution >= 4 is 34.2 Å². The maximum Gasteiger partial charge on any atom is 0.254 e. The third kappa shape index (κ3) is 5.93. The van der Waals surface area contributed by atoms with Crippen molar-refractivity contribution in [2.75, 3.05) is 52.3 Å². The number of nitrogens with zero attached hydrogens (tertiary/aromatic N) is 3. The van der Waals surface area contributed by atoms with Gasteiger partial charge >= 0.3 is 0 Å². The van der Waals surface area contributed by atoms with E-state index in [2.05, 4.69) is 9.21 Å². The van der Waals surface area contributed by atoms with Crippen LogP contribution in [-0.4, -0.2) is 66.7 Å². The number of benzene rings is 2. The lowest BCUT2D eigenvalue weighted by Gasteiger charge is -2.41. The summed E-state index contributed by atoms with van der Waals surface area (Å²) in [6, 6.07) is 13.6. The first kappa shape index (κ1) is 25.0. The molecule has 0 radical (unpaired) electrons. The van der Waals surface area contributed by atoms with Gasteiger partial charge in [0, 0.05) is 46.0 Å². The monoisotopic (exact) mass is 503 g/mol. The minimum absolute atomic E-state index is 0.0748. The van der Waals surface area contributed by atoms with Crippen LogP contribution >= 0.6 is 11.6 Å². The van der Waals surface area contributed by atoms with E-state index >= 15 is 0 Å². The number of amides is 1. The number of ether oxygens (including phenoxy) is 1. The zero-order valence-electron chi connectivity index (χ0n) is 20.2. The average molecular weight is 504 g/mol. The number of anilines is 1. The maximum atomic E-state index is 12.7. The fourth-order valence-electron chi connectivity index (χ4n) is 4.85. The quantitative estimate of drug-likeness (QED) is 0.534. The summed E-state index contributed by atoms with van der Waals surface area (Å²) in [4.78, 5) is 16.1. The minimum atomic E-state index is -0.978. The van der Waals surface area contributed by atoms with Gasteiger partial charge < -0.3 is 14.5 Å². The van der Waals surface area contributed by atoms with Crippen LogP contribution in [0.2, 0.25) is 5.02 Å². The van der Waals surface area contributed by atoms with E-state index in [9.17, 15) is 9.00 Å². The van der Waals surface area contributed by atoms with Crippen molar-refractivity contribution < 1.29 is 13.7 Å². The van der Waals surface area contributed by atoms with E-state index in [1.807, 2.05) is 42.5 Å². The number of piperidine rings is 1. The second-order valence-electron chi connectivity index (χ2n) is 9.56. The summed E-state index contributed by atoms with van der Waals surface area (Å²) in [7, 11) is 4.14. The zero-order valence-corrected chi connectivity index (χ0v) is 21.8. The Morgan fingerprint density at radius 3 is 2.50 bits per heavy atom. The molecule has 0 saturated carbocycles. The van der Waals surface area contributed by atoms with Gasteiger partial charge in [0.25, 0.3) is 5.91 Å². The highest BCUT2D eigenvalue weighted by molar-refractivity contribution is 7.81. The standard InChI is InChI=1S/C26H34ClN3O3S/c1-28(2)26(31)24-8-7-22(15-25(24)27)29-11-9-19(10-12-29)13-21-16-30(17-21)34(32)18-20-5-4-6-23(14-20)33-3/h4-8,14-15,19,21H,9-13,16-18H2,1-3H3. The third-order valence-electron chi connectivity index (χ3n) is 6.87. The Labute approximate surface area is 210 Å². The van der Waals surface area contributed by atoms with Crippen molar-refractivity contribution in [3.63, 3.8) is 0 Å². The second kappa shape index (κ2) is 11.1. The fourth-order valence-corrected chi connectivity index (χ4v) is 6.50. The maximum absolute atomic E-state index is 12.7. The molecule has 2 aliphatic heterocycles. The van der Waals surface area contributed by atoms with Crippen LogP contribution in [0.3, 0.4) is 0 Å². The Morgan fingerprint density at radius 1 is 1.12 bits per heavy atom. The highest BCUT2D eigenvalue weighted by Gasteiger charge is 2.33. The number of carbonyl (C=O) groups is 1. The Bertz CT molecular complexity index is 1030. The molecule has 0 bridgehead atoms. The summed E-state index contributed by atoms with van der Waals surface area (Å²) in [6.07, 6.45) is 3.51. The number of rotatable bonds is 8. The molecule has 0 N–H and O–H groups in total. The summed E-state index contributed by atoms with van der Waals surface area (Å²) in [6.45, 7) is 3.85. The molecule has 2 aromatic rings. The van der Waals surface area contributed by atoms with E-state index in [4.69, 9.17) is 16.3 Å². The fraction of sp³-hybridized carbons (Fsp3) is 0.500. The molecule has 2 heterocycles. The minimum Gasteiger partial charge on any atom is -0.497 e. The summed E-state index contributed by atoms with van der Waals surface area (Å²) in [5.74, 6) is 2.62. The molecule has 1 unspecified atom stereocenters. The molecule has 8 heteroatoms. The molecule has 6 nitrogen and oxygen atoms in total. The van der Waals surface area contributed by atoms with Gasteiger partial charge in [-0.1, -0.05) is 23.7 Å². The van der Waals surface area contributed by atoms with Crippen LogP contribution < -0.4 is 9.64 Å². The molecule has 184 valence electrons. The molecular formula is C26H34ClN3O3S. The van der Waals surface area contributed by atoms with Gasteiger partial charge in [-0.25, -0.2) is 8.51 Å². The predicted molar refractivity (Wildman–Crippen MR) is 139 cm³/mol. The van der Waals surface area contributed by atoms with Gasteiger partial charge in [0.15, 0.2) is 0 Å². The summed E-state index contributed by atoms with van der Waals surface area (Å²) < 4.78 is 20.1. The van der Waals surface area contributed by atoms with Crippen LogP contribution in [0.25, 0.3) is 0 Å². The normalized spacial score (nSPS) is 18.4. The Morgan fingerprint density at radius 2 is 1.85 bits per heavy atom. The van der Waals surface area contributed by atoms with Crippen molar-refractivity contribution in [2.45, 2.75) is 25.0 Å². The Kier molecular flexibility index (Phi) is 8.17. The van der Waals surface area contributed by atoms with E-state index < -0.39 is 11.0 Å². The van der Waals surface area contributed by atoms with Gasteiger partial charge in [0.1, 0.15) is 5.75 Å². The molecule has 0 spiro atoms. The van der Waals surface area contributed by atoms with Crippen LogP contribution in [-0.2, 0) is 16.7 Å². The zero-order chi connectivity index (χ0) is 24.2. The van der Waals surface area contributed by atoms with Gasteiger partial charge in [-0.05, 0) is 67.0 Å². The summed E-state index contributed by atoms with van der Waals surface area (Å²) >= 11 is 6.41. The summed E-state index contributed by atoms with van der Waals surface area (Å²) in [5, 5.41) is 0.509. The van der Waals surface area contributed by atoms with E-state index in [0.717, 1.165) is 56.0 Å². The van der Waals surface area contributed by atoms with E-state index in [1.165, 1.54) is 6.42 Å². The Hall–Kier alpha value is -2.09. The highest BCUT2D eigenvalue weighted by Crippen LogP contribution is 2.33. The first-order chi connectivity index (χ1) is 16.3. The van der Waals surface area contributed by atoms with Gasteiger partial charge in [0.05, 0.1) is 34.4 Å². The molecular weight excluding hydrogens is 470 g/mol. The molecule has 1 atom stereocenters. The van der Waals surface area contributed by atoms with Gasteiger partial charge in [0.2, 0.25) is 0 Å². The van der Waals surface area contributed by atoms with Crippen LogP contribution in [0, 0.1) is 11.8 Å². The number of methoxy groups -OCH3 is 1. The first-order valence-electron chi connectivity index (χ1n) is 11.9. The van der Waals surface area contributed by atoms with Crippen LogP contribution in [0.5, 0.6) is 5.75 Å². The highest BCUT2D eigenvalue weighted by atomic mass is 35.5. The molecule has 0 aromatic heterocycles. The number of hydrogen-bond acceptors (Lipinski definition) is 4. The van der Waals surface area contributed by atoms with Gasteiger partial charge in [-0.3, -0.25) is 4.79 Å². The van der Waals surface area contributed by atoms with Crippen molar-refractivity contribution in [1.29, 1.82) is 0 Å². The lowest BCUT2D eigenvalue weighted by atomic mass is 9.84. The molecule has 2 aliphatic rings. The number of carbonyl (C=O) groups excluding carboxylic acids is 1. The van der Waals surface area contributed by atoms with Crippen molar-refractivity contribution in [1.82, 2.24) is 9.21 Å². The van der Waals surface area contributed by atoms with Crippen LogP contribution in [0.4, 0.5) is 5.69 Å². The lowest BCUT2D eigenvalue weighted by Crippen LogP contribution is -2.49. The van der Waals surface area contributed by atoms with E-state index in [-0.39, 0.29) is 5.91 Å². The molecule has 34 heavy (non-hydrogen) atoms. The molecule has 4 rings (SSSR count). The largest absolute Gasteiger partial charge is 0.497 e. The topological polar surface area (TPSA) is 53.1 Å². The number of hydrogen-bond donors (Lipinski definition) is 0. The second-order valence-corrected chi connectivity index (χ2v) is 11.4. The van der Waals surface area contributed by atoms with Crippen molar-refractivity contribution in [3.8, 4) is 5.75 Å². The molecule has 2 aromatic carbocycles. The SMILES string of the molecule is COc1cccc(CS(=O)N2CC(CC3CCN(c4ccc(C(=O)N(C)C)c(Cl)c4)CC3)C2)c1.